The maximum Gasteiger partial charge on any atom is 0.263 e. The van der Waals surface area contributed by atoms with Crippen LogP contribution in [0.2, 0.25) is 5.02 Å². The highest BCUT2D eigenvalue weighted by atomic mass is 35.5. The van der Waals surface area contributed by atoms with Gasteiger partial charge in [-0.05, 0) is 49.2 Å². The minimum atomic E-state index is -0.421. The normalized spacial score (nSPS) is 10.6. The molecule has 0 atom stereocenters. The summed E-state index contributed by atoms with van der Waals surface area (Å²) in [6.45, 7) is 4.22. The number of nitrogens with one attached hydrogen (secondary N) is 1. The number of carbonyl (C=O) groups is 1. The van der Waals surface area contributed by atoms with Crippen LogP contribution in [0, 0.1) is 13.8 Å². The Morgan fingerprint density at radius 3 is 2.58 bits per heavy atom. The second-order valence-corrected chi connectivity index (χ2v) is 6.63. The lowest BCUT2D eigenvalue weighted by Gasteiger charge is -2.11. The molecule has 5 heteroatoms. The molecule has 0 saturated heterocycles. The third-order valence-corrected chi connectivity index (χ3v) is 4.56. The lowest BCUT2D eigenvalue weighted by molar-refractivity contribution is 0.102. The molecule has 1 N–H and O–H groups in total. The van der Waals surface area contributed by atoms with Crippen molar-refractivity contribution in [2.45, 2.75) is 20.4 Å². The molecule has 2 aromatic carbocycles. The fourth-order valence-electron chi connectivity index (χ4n) is 2.79. The van der Waals surface area contributed by atoms with E-state index in [1.165, 1.54) is 10.6 Å². The molecule has 0 saturated carbocycles. The minimum Gasteiger partial charge on any atom is -0.322 e. The molecule has 0 aliphatic heterocycles. The molecule has 132 valence electrons. The number of halogens is 1. The highest BCUT2D eigenvalue weighted by Crippen LogP contribution is 2.17. The molecular formula is C21H19ClN2O2. The van der Waals surface area contributed by atoms with Crippen LogP contribution in [0.3, 0.4) is 0 Å². The average Bonchev–Trinajstić information content (AvgIpc) is 2.61. The Balaban J connectivity index is 1.88. The number of hydrogen-bond acceptors (Lipinski definition) is 2. The smallest absolute Gasteiger partial charge is 0.263 e. The maximum absolute atomic E-state index is 12.7. The monoisotopic (exact) mass is 366 g/mol. The van der Waals surface area contributed by atoms with Crippen LogP contribution in [0.4, 0.5) is 5.69 Å². The molecular weight excluding hydrogens is 348 g/mol. The SMILES string of the molecule is Cc1ccc(NC(=O)c2cccn(Cc3ccccc3Cl)c2=O)c(C)c1. The first-order chi connectivity index (χ1) is 12.5. The Hall–Kier alpha value is -2.85. The van der Waals surface area contributed by atoms with E-state index < -0.39 is 5.91 Å². The van der Waals surface area contributed by atoms with E-state index in [1.54, 1.807) is 18.3 Å². The third-order valence-electron chi connectivity index (χ3n) is 4.19. The van der Waals surface area contributed by atoms with E-state index in [4.69, 9.17) is 11.6 Å². The number of benzene rings is 2. The number of aryl methyl sites for hydroxylation is 2. The molecule has 0 bridgehead atoms. The summed E-state index contributed by atoms with van der Waals surface area (Å²) < 4.78 is 1.48. The standard InChI is InChI=1S/C21H19ClN2O2/c1-14-9-10-19(15(2)12-14)23-20(25)17-7-5-11-24(21(17)26)13-16-6-3-4-8-18(16)22/h3-12H,13H2,1-2H3,(H,23,25). The summed E-state index contributed by atoms with van der Waals surface area (Å²) in [5, 5.41) is 3.41. The Bertz CT molecular complexity index is 1020. The predicted molar refractivity (Wildman–Crippen MR) is 105 cm³/mol. The Labute approximate surface area is 157 Å². The zero-order valence-electron chi connectivity index (χ0n) is 14.6. The van der Waals surface area contributed by atoms with Crippen LogP contribution >= 0.6 is 11.6 Å². The number of amides is 1. The highest BCUT2D eigenvalue weighted by Gasteiger charge is 2.14. The van der Waals surface area contributed by atoms with Gasteiger partial charge < -0.3 is 9.88 Å². The summed E-state index contributed by atoms with van der Waals surface area (Å²) in [5.41, 5.74) is 3.33. The van der Waals surface area contributed by atoms with Gasteiger partial charge >= 0.3 is 0 Å². The number of hydrogen-bond donors (Lipinski definition) is 1. The van der Waals surface area contributed by atoms with E-state index in [0.717, 1.165) is 16.7 Å². The fraction of sp³-hybridized carbons (Fsp3) is 0.143. The van der Waals surface area contributed by atoms with E-state index in [2.05, 4.69) is 5.32 Å². The van der Waals surface area contributed by atoms with Crippen molar-refractivity contribution >= 4 is 23.2 Å². The lowest BCUT2D eigenvalue weighted by atomic mass is 10.1. The zero-order chi connectivity index (χ0) is 18.7. The second kappa shape index (κ2) is 7.58. The van der Waals surface area contributed by atoms with Gasteiger partial charge in [0.2, 0.25) is 0 Å². The third kappa shape index (κ3) is 3.86. The van der Waals surface area contributed by atoms with Crippen LogP contribution in [0.1, 0.15) is 27.0 Å². The van der Waals surface area contributed by atoms with Gasteiger partial charge in [0.1, 0.15) is 5.56 Å². The van der Waals surface area contributed by atoms with Crippen molar-refractivity contribution in [3.63, 3.8) is 0 Å². The number of pyridine rings is 1. The quantitative estimate of drug-likeness (QED) is 0.743. The van der Waals surface area contributed by atoms with Crippen molar-refractivity contribution in [2.75, 3.05) is 5.32 Å². The number of aromatic nitrogens is 1. The van der Waals surface area contributed by atoms with Gasteiger partial charge in [-0.15, -0.1) is 0 Å². The van der Waals surface area contributed by atoms with E-state index in [-0.39, 0.29) is 11.1 Å². The van der Waals surface area contributed by atoms with E-state index in [0.29, 0.717) is 17.3 Å². The molecule has 1 aromatic heterocycles. The van der Waals surface area contributed by atoms with Crippen LogP contribution in [-0.4, -0.2) is 10.5 Å². The fourth-order valence-corrected chi connectivity index (χ4v) is 2.98. The van der Waals surface area contributed by atoms with E-state index in [1.807, 2.05) is 50.2 Å². The van der Waals surface area contributed by atoms with Crippen molar-refractivity contribution in [3.05, 3.63) is 98.4 Å². The summed E-state index contributed by atoms with van der Waals surface area (Å²) in [7, 11) is 0. The summed E-state index contributed by atoms with van der Waals surface area (Å²) >= 11 is 6.17. The summed E-state index contributed by atoms with van der Waals surface area (Å²) in [5.74, 6) is -0.421. The number of anilines is 1. The van der Waals surface area contributed by atoms with Gasteiger partial charge in [0, 0.05) is 16.9 Å². The van der Waals surface area contributed by atoms with Crippen molar-refractivity contribution in [1.29, 1.82) is 0 Å². The first-order valence-electron chi connectivity index (χ1n) is 8.27. The average molecular weight is 367 g/mol. The summed E-state index contributed by atoms with van der Waals surface area (Å²) in [6, 6.07) is 16.3. The topological polar surface area (TPSA) is 51.1 Å². The van der Waals surface area contributed by atoms with Crippen LogP contribution < -0.4 is 10.9 Å². The van der Waals surface area contributed by atoms with Gasteiger partial charge in [0.25, 0.3) is 11.5 Å². The summed E-state index contributed by atoms with van der Waals surface area (Å²) in [4.78, 5) is 25.3. The van der Waals surface area contributed by atoms with Crippen LogP contribution in [0.15, 0.2) is 65.6 Å². The molecule has 0 spiro atoms. The Morgan fingerprint density at radius 1 is 1.08 bits per heavy atom. The van der Waals surface area contributed by atoms with Gasteiger partial charge in [0.05, 0.1) is 6.54 Å². The van der Waals surface area contributed by atoms with E-state index >= 15 is 0 Å². The maximum atomic E-state index is 12.7. The number of rotatable bonds is 4. The largest absolute Gasteiger partial charge is 0.322 e. The molecule has 3 aromatic rings. The lowest BCUT2D eigenvalue weighted by Crippen LogP contribution is -2.29. The minimum absolute atomic E-state index is 0.0968. The zero-order valence-corrected chi connectivity index (χ0v) is 15.4. The molecule has 0 aliphatic rings. The van der Waals surface area contributed by atoms with Gasteiger partial charge in [-0.1, -0.05) is 47.5 Å². The molecule has 26 heavy (non-hydrogen) atoms. The van der Waals surface area contributed by atoms with Gasteiger partial charge in [-0.25, -0.2) is 0 Å². The van der Waals surface area contributed by atoms with Gasteiger partial charge in [0.15, 0.2) is 0 Å². The first kappa shape index (κ1) is 18.0. The first-order valence-corrected chi connectivity index (χ1v) is 8.65. The van der Waals surface area contributed by atoms with Crippen molar-refractivity contribution in [3.8, 4) is 0 Å². The second-order valence-electron chi connectivity index (χ2n) is 6.22. The molecule has 0 aliphatic carbocycles. The van der Waals surface area contributed by atoms with Crippen molar-refractivity contribution in [1.82, 2.24) is 4.57 Å². The van der Waals surface area contributed by atoms with Crippen molar-refractivity contribution in [2.24, 2.45) is 0 Å². The molecule has 1 amide bonds. The molecule has 0 unspecified atom stereocenters. The van der Waals surface area contributed by atoms with Gasteiger partial charge in [-0.3, -0.25) is 9.59 Å². The van der Waals surface area contributed by atoms with Crippen LogP contribution in [0.5, 0.6) is 0 Å². The van der Waals surface area contributed by atoms with Crippen molar-refractivity contribution < 1.29 is 4.79 Å². The Morgan fingerprint density at radius 2 is 1.85 bits per heavy atom. The predicted octanol–water partition coefficient (Wildman–Crippen LogP) is 4.42. The molecule has 3 rings (SSSR count). The van der Waals surface area contributed by atoms with Crippen LogP contribution in [0.25, 0.3) is 0 Å². The highest BCUT2D eigenvalue weighted by molar-refractivity contribution is 6.31. The Kier molecular flexibility index (Phi) is 5.24. The molecule has 0 radical (unpaired) electrons. The van der Waals surface area contributed by atoms with Gasteiger partial charge in [-0.2, -0.15) is 0 Å². The number of nitrogens with zero attached hydrogens (tertiary/aromatic N) is 1. The number of carbonyl (C=O) groups excluding carboxylic acids is 1. The molecule has 4 nitrogen and oxygen atoms in total. The summed E-state index contributed by atoms with van der Waals surface area (Å²) in [6.07, 6.45) is 1.65. The molecule has 0 fully saturated rings. The van der Waals surface area contributed by atoms with E-state index in [9.17, 15) is 9.59 Å². The van der Waals surface area contributed by atoms with Crippen LogP contribution in [-0.2, 0) is 6.54 Å². The molecule has 1 heterocycles.